The SMILES string of the molecule is COC(=O)CC(NC(=O)Cc1ccc(O)cc1)c1cccs1. The summed E-state index contributed by atoms with van der Waals surface area (Å²) < 4.78 is 4.68. The molecule has 0 saturated carbocycles. The summed E-state index contributed by atoms with van der Waals surface area (Å²) in [6, 6.07) is 9.80. The molecule has 2 N–H and O–H groups in total. The highest BCUT2D eigenvalue weighted by Gasteiger charge is 2.19. The molecule has 1 atom stereocenters. The Hall–Kier alpha value is -2.34. The van der Waals surface area contributed by atoms with E-state index < -0.39 is 6.04 Å². The number of esters is 1. The Morgan fingerprint density at radius 2 is 2.00 bits per heavy atom. The van der Waals surface area contributed by atoms with Crippen LogP contribution in [-0.4, -0.2) is 24.1 Å². The van der Waals surface area contributed by atoms with Crippen molar-refractivity contribution in [2.24, 2.45) is 0 Å². The topological polar surface area (TPSA) is 75.6 Å². The molecular weight excluding hydrogens is 302 g/mol. The van der Waals surface area contributed by atoms with Crippen LogP contribution in [0.2, 0.25) is 0 Å². The highest BCUT2D eigenvalue weighted by atomic mass is 32.1. The lowest BCUT2D eigenvalue weighted by Gasteiger charge is -2.16. The largest absolute Gasteiger partial charge is 0.508 e. The Kier molecular flexibility index (Phi) is 5.55. The van der Waals surface area contributed by atoms with Crippen molar-refractivity contribution in [3.8, 4) is 5.75 Å². The van der Waals surface area contributed by atoms with Gasteiger partial charge in [-0.25, -0.2) is 0 Å². The predicted molar refractivity (Wildman–Crippen MR) is 83.6 cm³/mol. The number of aromatic hydroxyl groups is 1. The van der Waals surface area contributed by atoms with Crippen LogP contribution in [-0.2, 0) is 20.7 Å². The van der Waals surface area contributed by atoms with Crippen LogP contribution >= 0.6 is 11.3 Å². The standard InChI is InChI=1S/C16H17NO4S/c1-21-16(20)10-13(14-3-2-8-22-14)17-15(19)9-11-4-6-12(18)7-5-11/h2-8,13,18H,9-10H2,1H3,(H,17,19). The first kappa shape index (κ1) is 16.0. The van der Waals surface area contributed by atoms with E-state index in [1.807, 2.05) is 17.5 Å². The summed E-state index contributed by atoms with van der Waals surface area (Å²) in [7, 11) is 1.33. The van der Waals surface area contributed by atoms with Crippen LogP contribution in [0.1, 0.15) is 22.9 Å². The van der Waals surface area contributed by atoms with Crippen LogP contribution in [0.15, 0.2) is 41.8 Å². The number of ether oxygens (including phenoxy) is 1. The van der Waals surface area contributed by atoms with E-state index in [1.54, 1.807) is 12.1 Å². The molecule has 22 heavy (non-hydrogen) atoms. The molecular formula is C16H17NO4S. The lowest BCUT2D eigenvalue weighted by molar-refractivity contribution is -0.141. The first-order chi connectivity index (χ1) is 10.6. The lowest BCUT2D eigenvalue weighted by atomic mass is 10.1. The highest BCUT2D eigenvalue weighted by Crippen LogP contribution is 2.22. The third kappa shape index (κ3) is 4.60. The van der Waals surface area contributed by atoms with Crippen molar-refractivity contribution in [3.05, 3.63) is 52.2 Å². The fourth-order valence-electron chi connectivity index (χ4n) is 2.01. The summed E-state index contributed by atoms with van der Waals surface area (Å²) in [5.41, 5.74) is 0.790. The third-order valence-corrected chi connectivity index (χ3v) is 4.11. The number of methoxy groups -OCH3 is 1. The van der Waals surface area contributed by atoms with E-state index >= 15 is 0 Å². The van der Waals surface area contributed by atoms with E-state index in [-0.39, 0.29) is 30.5 Å². The van der Waals surface area contributed by atoms with Gasteiger partial charge in [-0.2, -0.15) is 0 Å². The molecule has 0 aliphatic carbocycles. The average molecular weight is 319 g/mol. The summed E-state index contributed by atoms with van der Waals surface area (Å²) in [5, 5.41) is 14.0. The molecule has 0 aliphatic heterocycles. The summed E-state index contributed by atoms with van der Waals surface area (Å²) in [4.78, 5) is 24.6. The number of phenols is 1. The first-order valence-corrected chi connectivity index (χ1v) is 7.64. The number of hydrogen-bond donors (Lipinski definition) is 2. The van der Waals surface area contributed by atoms with Crippen LogP contribution in [0.5, 0.6) is 5.75 Å². The molecule has 0 saturated heterocycles. The van der Waals surface area contributed by atoms with E-state index in [0.717, 1.165) is 10.4 Å². The fraction of sp³-hybridized carbons (Fsp3) is 0.250. The number of phenolic OH excluding ortho intramolecular Hbond substituents is 1. The highest BCUT2D eigenvalue weighted by molar-refractivity contribution is 7.10. The zero-order valence-electron chi connectivity index (χ0n) is 12.1. The summed E-state index contributed by atoms with van der Waals surface area (Å²) in [6.45, 7) is 0. The Labute approximate surface area is 132 Å². The number of carbonyl (C=O) groups excluding carboxylic acids is 2. The Balaban J connectivity index is 2.01. The zero-order chi connectivity index (χ0) is 15.9. The van der Waals surface area contributed by atoms with Crippen LogP contribution in [0.25, 0.3) is 0 Å². The second-order valence-electron chi connectivity index (χ2n) is 4.76. The predicted octanol–water partition coefficient (Wildman–Crippen LogP) is 2.42. The van der Waals surface area contributed by atoms with Crippen LogP contribution in [0.4, 0.5) is 0 Å². The molecule has 0 aliphatic rings. The maximum Gasteiger partial charge on any atom is 0.307 e. The molecule has 0 fully saturated rings. The Morgan fingerprint density at radius 1 is 1.27 bits per heavy atom. The van der Waals surface area contributed by atoms with E-state index in [9.17, 15) is 14.7 Å². The second kappa shape index (κ2) is 7.61. The van der Waals surface area contributed by atoms with Crippen molar-refractivity contribution in [2.75, 3.05) is 7.11 Å². The van der Waals surface area contributed by atoms with Crippen LogP contribution in [0.3, 0.4) is 0 Å². The molecule has 1 amide bonds. The maximum atomic E-state index is 12.2. The van der Waals surface area contributed by atoms with Gasteiger partial charge in [0.15, 0.2) is 0 Å². The van der Waals surface area contributed by atoms with Gasteiger partial charge in [0.1, 0.15) is 5.75 Å². The molecule has 1 aromatic carbocycles. The van der Waals surface area contributed by atoms with Gasteiger partial charge in [0, 0.05) is 4.88 Å². The third-order valence-electron chi connectivity index (χ3n) is 3.12. The molecule has 116 valence electrons. The van der Waals surface area contributed by atoms with Gasteiger partial charge in [0.2, 0.25) is 5.91 Å². The molecule has 1 heterocycles. The molecule has 1 unspecified atom stereocenters. The maximum absolute atomic E-state index is 12.2. The molecule has 5 nitrogen and oxygen atoms in total. The van der Waals surface area contributed by atoms with Crippen molar-refractivity contribution >= 4 is 23.2 Å². The number of nitrogens with one attached hydrogen (secondary N) is 1. The first-order valence-electron chi connectivity index (χ1n) is 6.76. The molecule has 6 heteroatoms. The average Bonchev–Trinajstić information content (AvgIpc) is 3.03. The van der Waals surface area contributed by atoms with Crippen molar-refractivity contribution in [1.82, 2.24) is 5.32 Å². The summed E-state index contributed by atoms with van der Waals surface area (Å²) in [6.07, 6.45) is 0.279. The molecule has 0 spiro atoms. The van der Waals surface area contributed by atoms with Gasteiger partial charge in [-0.15, -0.1) is 11.3 Å². The quantitative estimate of drug-likeness (QED) is 0.802. The summed E-state index contributed by atoms with van der Waals surface area (Å²) in [5.74, 6) is -0.400. The number of benzene rings is 1. The molecule has 0 bridgehead atoms. The Morgan fingerprint density at radius 3 is 2.59 bits per heavy atom. The van der Waals surface area contributed by atoms with Crippen molar-refractivity contribution < 1.29 is 19.4 Å². The minimum atomic E-state index is -0.392. The smallest absolute Gasteiger partial charge is 0.307 e. The second-order valence-corrected chi connectivity index (χ2v) is 5.74. The summed E-state index contributed by atoms with van der Waals surface area (Å²) >= 11 is 1.48. The number of rotatable bonds is 6. The number of amides is 1. The van der Waals surface area contributed by atoms with Crippen LogP contribution < -0.4 is 5.32 Å². The van der Waals surface area contributed by atoms with E-state index in [0.29, 0.717) is 0 Å². The minimum Gasteiger partial charge on any atom is -0.508 e. The number of carbonyl (C=O) groups is 2. The van der Waals surface area contributed by atoms with E-state index in [1.165, 1.54) is 30.6 Å². The molecule has 1 aromatic heterocycles. The number of thiophene rings is 1. The van der Waals surface area contributed by atoms with E-state index in [2.05, 4.69) is 10.1 Å². The molecule has 0 radical (unpaired) electrons. The minimum absolute atomic E-state index is 0.0956. The van der Waals surface area contributed by atoms with Gasteiger partial charge >= 0.3 is 5.97 Å². The van der Waals surface area contributed by atoms with E-state index in [4.69, 9.17) is 0 Å². The van der Waals surface area contributed by atoms with Gasteiger partial charge in [0.05, 0.1) is 26.0 Å². The van der Waals surface area contributed by atoms with Gasteiger partial charge in [0.25, 0.3) is 0 Å². The Bertz CT molecular complexity index is 622. The van der Waals surface area contributed by atoms with Gasteiger partial charge < -0.3 is 15.2 Å². The van der Waals surface area contributed by atoms with Crippen molar-refractivity contribution in [2.45, 2.75) is 18.9 Å². The number of hydrogen-bond acceptors (Lipinski definition) is 5. The van der Waals surface area contributed by atoms with Crippen molar-refractivity contribution in [3.63, 3.8) is 0 Å². The van der Waals surface area contributed by atoms with Gasteiger partial charge in [-0.05, 0) is 29.1 Å². The lowest BCUT2D eigenvalue weighted by Crippen LogP contribution is -2.31. The van der Waals surface area contributed by atoms with Gasteiger partial charge in [-0.3, -0.25) is 9.59 Å². The zero-order valence-corrected chi connectivity index (χ0v) is 12.9. The molecule has 2 rings (SSSR count). The van der Waals surface area contributed by atoms with Gasteiger partial charge in [-0.1, -0.05) is 18.2 Å². The monoisotopic (exact) mass is 319 g/mol. The normalized spacial score (nSPS) is 11.7. The van der Waals surface area contributed by atoms with Crippen molar-refractivity contribution in [1.29, 1.82) is 0 Å². The van der Waals surface area contributed by atoms with Crippen LogP contribution in [0, 0.1) is 0 Å². The fourth-order valence-corrected chi connectivity index (χ4v) is 2.78. The molecule has 2 aromatic rings.